The van der Waals surface area contributed by atoms with Crippen molar-refractivity contribution in [3.05, 3.63) is 40.8 Å². The number of rotatable bonds is 2. The fourth-order valence-electron chi connectivity index (χ4n) is 1.49. The van der Waals surface area contributed by atoms with E-state index in [0.717, 1.165) is 10.4 Å². The molecule has 0 saturated heterocycles. The minimum Gasteiger partial charge on any atom is -0.506 e. The minimum absolute atomic E-state index is 0.0769. The molecule has 0 unspecified atom stereocenters. The van der Waals surface area contributed by atoms with Crippen LogP contribution in [-0.2, 0) is 0 Å². The normalized spacial score (nSPS) is 10.4. The first-order valence-corrected chi connectivity index (χ1v) is 5.80. The van der Waals surface area contributed by atoms with E-state index < -0.39 is 0 Å². The van der Waals surface area contributed by atoms with Crippen molar-refractivity contribution in [2.45, 2.75) is 13.8 Å². The summed E-state index contributed by atoms with van der Waals surface area (Å²) in [5.74, 6) is -0.0195. The molecule has 3 heteroatoms. The van der Waals surface area contributed by atoms with Crippen molar-refractivity contribution in [2.75, 3.05) is 0 Å². The molecule has 0 amide bonds. The highest BCUT2D eigenvalue weighted by molar-refractivity contribution is 7.17. The van der Waals surface area contributed by atoms with Crippen LogP contribution in [0, 0.1) is 6.92 Å². The molecule has 0 radical (unpaired) electrons. The Balaban J connectivity index is 2.45. The average molecular weight is 232 g/mol. The molecule has 1 heterocycles. The summed E-state index contributed by atoms with van der Waals surface area (Å²) in [6.07, 6.45) is 0. The summed E-state index contributed by atoms with van der Waals surface area (Å²) in [5, 5.41) is 9.61. The molecule has 1 N–H and O–H groups in total. The molecule has 2 nitrogen and oxygen atoms in total. The van der Waals surface area contributed by atoms with Gasteiger partial charge >= 0.3 is 0 Å². The van der Waals surface area contributed by atoms with Crippen LogP contribution in [0.15, 0.2) is 30.3 Å². The number of thiophene rings is 1. The lowest BCUT2D eigenvalue weighted by atomic mass is 10.1. The standard InChI is InChI=1S/C13H12O2S/c1-8-3-5-10(6-4-8)12-7-11(15)13(16-12)9(2)14/h3-7,15H,1-2H3. The molecule has 2 rings (SSSR count). The molecule has 0 fully saturated rings. The zero-order valence-corrected chi connectivity index (χ0v) is 9.97. The monoisotopic (exact) mass is 232 g/mol. The molecule has 82 valence electrons. The number of Topliss-reactive ketones (excluding diaryl/α,β-unsaturated/α-hetero) is 1. The minimum atomic E-state index is -0.0964. The zero-order valence-electron chi connectivity index (χ0n) is 9.15. The van der Waals surface area contributed by atoms with Crippen molar-refractivity contribution in [3.8, 4) is 16.2 Å². The highest BCUT2D eigenvalue weighted by atomic mass is 32.1. The van der Waals surface area contributed by atoms with E-state index in [1.165, 1.54) is 23.8 Å². The van der Waals surface area contributed by atoms with Gasteiger partial charge in [-0.05, 0) is 18.6 Å². The van der Waals surface area contributed by atoms with Gasteiger partial charge in [0.1, 0.15) is 10.6 Å². The third kappa shape index (κ3) is 1.99. The fourth-order valence-corrected chi connectivity index (χ4v) is 2.45. The summed E-state index contributed by atoms with van der Waals surface area (Å²) >= 11 is 1.33. The lowest BCUT2D eigenvalue weighted by Gasteiger charge is -1.96. The summed E-state index contributed by atoms with van der Waals surface area (Å²) < 4.78 is 0. The number of carbonyl (C=O) groups is 1. The summed E-state index contributed by atoms with van der Waals surface area (Å²) in [5.41, 5.74) is 2.22. The Morgan fingerprint density at radius 1 is 1.25 bits per heavy atom. The largest absolute Gasteiger partial charge is 0.506 e. The van der Waals surface area contributed by atoms with Crippen LogP contribution >= 0.6 is 11.3 Å². The second-order valence-electron chi connectivity index (χ2n) is 3.75. The van der Waals surface area contributed by atoms with Gasteiger partial charge in [0, 0.05) is 11.8 Å². The second kappa shape index (κ2) is 4.10. The van der Waals surface area contributed by atoms with Gasteiger partial charge in [0.05, 0.1) is 0 Å². The lowest BCUT2D eigenvalue weighted by molar-refractivity contribution is 0.101. The highest BCUT2D eigenvalue weighted by Crippen LogP contribution is 2.35. The van der Waals surface area contributed by atoms with Crippen LogP contribution < -0.4 is 0 Å². The van der Waals surface area contributed by atoms with E-state index in [2.05, 4.69) is 0 Å². The third-order valence-corrected chi connectivity index (χ3v) is 3.64. The molecule has 2 aromatic rings. The SMILES string of the molecule is CC(=O)c1sc(-c2ccc(C)cc2)cc1O. The van der Waals surface area contributed by atoms with Gasteiger partial charge in [-0.25, -0.2) is 0 Å². The van der Waals surface area contributed by atoms with E-state index in [1.807, 2.05) is 31.2 Å². The summed E-state index contributed by atoms with van der Waals surface area (Å²) in [4.78, 5) is 12.6. The van der Waals surface area contributed by atoms with Crippen molar-refractivity contribution in [1.29, 1.82) is 0 Å². The van der Waals surface area contributed by atoms with Crippen LogP contribution in [-0.4, -0.2) is 10.9 Å². The molecule has 0 aliphatic rings. The van der Waals surface area contributed by atoms with Crippen LogP contribution in [0.25, 0.3) is 10.4 Å². The molecular weight excluding hydrogens is 220 g/mol. The summed E-state index contributed by atoms with van der Waals surface area (Å²) in [6.45, 7) is 3.49. The van der Waals surface area contributed by atoms with Gasteiger partial charge in [0.15, 0.2) is 5.78 Å². The van der Waals surface area contributed by atoms with Crippen LogP contribution in [0.2, 0.25) is 0 Å². The molecule has 0 aliphatic carbocycles. The van der Waals surface area contributed by atoms with Gasteiger partial charge in [-0.1, -0.05) is 29.8 Å². The van der Waals surface area contributed by atoms with Crippen molar-refractivity contribution >= 4 is 17.1 Å². The van der Waals surface area contributed by atoms with Crippen LogP contribution in [0.3, 0.4) is 0 Å². The number of benzene rings is 1. The number of aromatic hydroxyl groups is 1. The smallest absolute Gasteiger partial charge is 0.173 e. The molecular formula is C13H12O2S. The van der Waals surface area contributed by atoms with E-state index in [4.69, 9.17) is 0 Å². The predicted octanol–water partition coefficient (Wildman–Crippen LogP) is 3.63. The molecule has 0 aliphatic heterocycles. The number of aryl methyl sites for hydroxylation is 1. The van der Waals surface area contributed by atoms with Gasteiger partial charge in [-0.3, -0.25) is 4.79 Å². The Labute approximate surface area is 98.2 Å². The van der Waals surface area contributed by atoms with E-state index >= 15 is 0 Å². The van der Waals surface area contributed by atoms with E-state index in [-0.39, 0.29) is 11.5 Å². The second-order valence-corrected chi connectivity index (χ2v) is 4.80. The average Bonchev–Trinajstić information content (AvgIpc) is 2.61. The Morgan fingerprint density at radius 2 is 1.88 bits per heavy atom. The van der Waals surface area contributed by atoms with E-state index in [1.54, 1.807) is 6.07 Å². The first-order valence-electron chi connectivity index (χ1n) is 4.98. The number of ketones is 1. The maximum atomic E-state index is 11.2. The molecule has 0 atom stereocenters. The van der Waals surface area contributed by atoms with Gasteiger partial charge in [0.2, 0.25) is 0 Å². The number of carbonyl (C=O) groups excluding carboxylic acids is 1. The summed E-state index contributed by atoms with van der Waals surface area (Å²) in [7, 11) is 0. The third-order valence-electron chi connectivity index (χ3n) is 2.37. The quantitative estimate of drug-likeness (QED) is 0.803. The molecule has 1 aromatic heterocycles. The lowest BCUT2D eigenvalue weighted by Crippen LogP contribution is -1.85. The number of hydrogen-bond acceptors (Lipinski definition) is 3. The Bertz CT molecular complexity index is 523. The summed E-state index contributed by atoms with van der Waals surface area (Å²) in [6, 6.07) is 9.65. The van der Waals surface area contributed by atoms with Gasteiger partial charge in [-0.15, -0.1) is 11.3 Å². The molecule has 0 bridgehead atoms. The number of hydrogen-bond donors (Lipinski definition) is 1. The Hall–Kier alpha value is -1.61. The first-order chi connectivity index (χ1) is 7.58. The Kier molecular flexibility index (Phi) is 2.79. The molecule has 1 aromatic carbocycles. The fraction of sp³-hybridized carbons (Fsp3) is 0.154. The van der Waals surface area contributed by atoms with E-state index in [0.29, 0.717) is 4.88 Å². The van der Waals surface area contributed by atoms with Crippen molar-refractivity contribution in [1.82, 2.24) is 0 Å². The highest BCUT2D eigenvalue weighted by Gasteiger charge is 2.12. The Morgan fingerprint density at radius 3 is 2.38 bits per heavy atom. The van der Waals surface area contributed by atoms with Gasteiger partial charge in [-0.2, -0.15) is 0 Å². The zero-order chi connectivity index (χ0) is 11.7. The van der Waals surface area contributed by atoms with Crippen LogP contribution in [0.4, 0.5) is 0 Å². The van der Waals surface area contributed by atoms with Crippen LogP contribution in [0.5, 0.6) is 5.75 Å². The van der Waals surface area contributed by atoms with Gasteiger partial charge in [0.25, 0.3) is 0 Å². The molecule has 0 spiro atoms. The topological polar surface area (TPSA) is 37.3 Å². The van der Waals surface area contributed by atoms with Crippen molar-refractivity contribution in [2.24, 2.45) is 0 Å². The molecule has 16 heavy (non-hydrogen) atoms. The van der Waals surface area contributed by atoms with Crippen molar-refractivity contribution < 1.29 is 9.90 Å². The molecule has 0 saturated carbocycles. The maximum absolute atomic E-state index is 11.2. The van der Waals surface area contributed by atoms with E-state index in [9.17, 15) is 9.90 Å². The van der Waals surface area contributed by atoms with Crippen LogP contribution in [0.1, 0.15) is 22.2 Å². The first kappa shape index (κ1) is 10.9. The van der Waals surface area contributed by atoms with Crippen molar-refractivity contribution in [3.63, 3.8) is 0 Å². The van der Waals surface area contributed by atoms with Gasteiger partial charge < -0.3 is 5.11 Å². The maximum Gasteiger partial charge on any atom is 0.173 e. The predicted molar refractivity (Wildman–Crippen MR) is 66.2 cm³/mol.